The van der Waals surface area contributed by atoms with E-state index < -0.39 is 0 Å². The van der Waals surface area contributed by atoms with Crippen LogP contribution in [0, 0.1) is 0 Å². The SMILES string of the molecule is CCCCCCc1cc(C=Nc2ccccc2O)c(O)cc1O. The van der Waals surface area contributed by atoms with E-state index in [1.54, 1.807) is 30.3 Å². The van der Waals surface area contributed by atoms with Gasteiger partial charge in [-0.2, -0.15) is 0 Å². The molecular formula is C19H23NO3. The van der Waals surface area contributed by atoms with Crippen molar-refractivity contribution in [3.8, 4) is 17.2 Å². The van der Waals surface area contributed by atoms with Crippen LogP contribution in [-0.2, 0) is 6.42 Å². The van der Waals surface area contributed by atoms with E-state index in [0.717, 1.165) is 24.8 Å². The molecule has 0 spiro atoms. The van der Waals surface area contributed by atoms with Gasteiger partial charge in [0.1, 0.15) is 22.9 Å². The summed E-state index contributed by atoms with van der Waals surface area (Å²) in [6.07, 6.45) is 6.74. The first kappa shape index (κ1) is 16.9. The highest BCUT2D eigenvalue weighted by molar-refractivity contribution is 5.86. The first-order chi connectivity index (χ1) is 11.1. The maximum Gasteiger partial charge on any atom is 0.141 e. The Kier molecular flexibility index (Phi) is 6.03. The van der Waals surface area contributed by atoms with Crippen molar-refractivity contribution >= 4 is 11.9 Å². The minimum Gasteiger partial charge on any atom is -0.508 e. The topological polar surface area (TPSA) is 73.1 Å². The third-order valence-corrected chi connectivity index (χ3v) is 3.75. The van der Waals surface area contributed by atoms with E-state index >= 15 is 0 Å². The summed E-state index contributed by atoms with van der Waals surface area (Å²) < 4.78 is 0. The first-order valence-electron chi connectivity index (χ1n) is 7.98. The molecule has 2 aromatic rings. The summed E-state index contributed by atoms with van der Waals surface area (Å²) >= 11 is 0. The summed E-state index contributed by atoms with van der Waals surface area (Å²) in [6, 6.07) is 9.85. The Balaban J connectivity index is 2.16. The van der Waals surface area contributed by atoms with Gasteiger partial charge in [-0.05, 0) is 36.6 Å². The van der Waals surface area contributed by atoms with Crippen molar-refractivity contribution in [3.63, 3.8) is 0 Å². The number of hydrogen-bond donors (Lipinski definition) is 3. The molecule has 4 nitrogen and oxygen atoms in total. The Morgan fingerprint density at radius 2 is 1.70 bits per heavy atom. The van der Waals surface area contributed by atoms with Crippen molar-refractivity contribution < 1.29 is 15.3 Å². The Bertz CT molecular complexity index is 680. The van der Waals surface area contributed by atoms with Crippen molar-refractivity contribution in [1.29, 1.82) is 0 Å². The van der Waals surface area contributed by atoms with E-state index in [2.05, 4.69) is 11.9 Å². The number of aromatic hydroxyl groups is 3. The van der Waals surface area contributed by atoms with E-state index in [1.165, 1.54) is 25.1 Å². The molecule has 0 fully saturated rings. The van der Waals surface area contributed by atoms with Crippen LogP contribution in [0.25, 0.3) is 0 Å². The number of hydrogen-bond acceptors (Lipinski definition) is 4. The van der Waals surface area contributed by atoms with Crippen molar-refractivity contribution in [2.45, 2.75) is 39.0 Å². The zero-order valence-electron chi connectivity index (χ0n) is 13.4. The number of aliphatic imine (C=N–C) groups is 1. The van der Waals surface area contributed by atoms with E-state index in [4.69, 9.17) is 0 Å². The minimum atomic E-state index is -0.0287. The lowest BCUT2D eigenvalue weighted by Crippen LogP contribution is -1.91. The van der Waals surface area contributed by atoms with Gasteiger partial charge in [0.05, 0.1) is 0 Å². The molecule has 0 saturated carbocycles. The second-order valence-corrected chi connectivity index (χ2v) is 5.60. The summed E-state index contributed by atoms with van der Waals surface area (Å²) in [6.45, 7) is 2.16. The van der Waals surface area contributed by atoms with Crippen LogP contribution in [0.5, 0.6) is 17.2 Å². The lowest BCUT2D eigenvalue weighted by molar-refractivity contribution is 0.444. The molecule has 0 atom stereocenters. The molecule has 122 valence electrons. The maximum absolute atomic E-state index is 9.96. The molecular weight excluding hydrogens is 290 g/mol. The molecule has 2 rings (SSSR count). The molecule has 0 radical (unpaired) electrons. The van der Waals surface area contributed by atoms with Crippen molar-refractivity contribution in [2.75, 3.05) is 0 Å². The summed E-state index contributed by atoms with van der Waals surface area (Å²) in [7, 11) is 0. The van der Waals surface area contributed by atoms with Crippen LogP contribution in [0.1, 0.15) is 43.7 Å². The largest absolute Gasteiger partial charge is 0.508 e. The second-order valence-electron chi connectivity index (χ2n) is 5.60. The number of aryl methyl sites for hydroxylation is 1. The van der Waals surface area contributed by atoms with Gasteiger partial charge in [-0.1, -0.05) is 38.3 Å². The molecule has 0 saturated heterocycles. The molecule has 0 aliphatic rings. The number of phenolic OH excluding ortho intramolecular Hbond substituents is 3. The average molecular weight is 313 g/mol. The van der Waals surface area contributed by atoms with Crippen LogP contribution < -0.4 is 0 Å². The fourth-order valence-corrected chi connectivity index (χ4v) is 2.40. The summed E-state index contributed by atoms with van der Waals surface area (Å²) in [4.78, 5) is 4.20. The van der Waals surface area contributed by atoms with Gasteiger partial charge in [0.2, 0.25) is 0 Å². The van der Waals surface area contributed by atoms with Crippen LogP contribution in [0.3, 0.4) is 0 Å². The number of unbranched alkanes of at least 4 members (excludes halogenated alkanes) is 3. The van der Waals surface area contributed by atoms with Gasteiger partial charge in [0, 0.05) is 17.8 Å². The number of nitrogens with zero attached hydrogens (tertiary/aromatic N) is 1. The molecule has 23 heavy (non-hydrogen) atoms. The molecule has 0 aromatic heterocycles. The monoisotopic (exact) mass is 313 g/mol. The molecule has 0 heterocycles. The number of phenols is 3. The molecule has 0 bridgehead atoms. The van der Waals surface area contributed by atoms with Gasteiger partial charge < -0.3 is 15.3 Å². The number of para-hydroxylation sites is 2. The van der Waals surface area contributed by atoms with E-state index in [9.17, 15) is 15.3 Å². The molecule has 0 amide bonds. The zero-order chi connectivity index (χ0) is 16.7. The van der Waals surface area contributed by atoms with Gasteiger partial charge in [-0.3, -0.25) is 4.99 Å². The van der Waals surface area contributed by atoms with E-state index in [-0.39, 0.29) is 17.2 Å². The molecule has 4 heteroatoms. The summed E-state index contributed by atoms with van der Waals surface area (Å²) in [5.41, 5.74) is 1.76. The van der Waals surface area contributed by atoms with Gasteiger partial charge in [0.15, 0.2) is 0 Å². The second kappa shape index (κ2) is 8.22. The lowest BCUT2D eigenvalue weighted by atomic mass is 10.0. The van der Waals surface area contributed by atoms with Crippen LogP contribution in [0.15, 0.2) is 41.4 Å². The fraction of sp³-hybridized carbons (Fsp3) is 0.316. The molecule has 3 N–H and O–H groups in total. The van der Waals surface area contributed by atoms with Gasteiger partial charge in [-0.15, -0.1) is 0 Å². The predicted octanol–water partition coefficient (Wildman–Crippen LogP) is 4.68. The third-order valence-electron chi connectivity index (χ3n) is 3.75. The first-order valence-corrected chi connectivity index (χ1v) is 7.98. The quantitative estimate of drug-likeness (QED) is 0.513. The van der Waals surface area contributed by atoms with Crippen molar-refractivity contribution in [1.82, 2.24) is 0 Å². The Morgan fingerprint density at radius 1 is 0.913 bits per heavy atom. The maximum atomic E-state index is 9.96. The van der Waals surface area contributed by atoms with E-state index in [0.29, 0.717) is 11.3 Å². The van der Waals surface area contributed by atoms with Gasteiger partial charge >= 0.3 is 0 Å². The highest BCUT2D eigenvalue weighted by Gasteiger charge is 2.08. The lowest BCUT2D eigenvalue weighted by Gasteiger charge is -2.08. The van der Waals surface area contributed by atoms with E-state index in [1.807, 2.05) is 0 Å². The number of rotatable bonds is 7. The molecule has 0 aliphatic heterocycles. The summed E-state index contributed by atoms with van der Waals surface area (Å²) in [5, 5.41) is 29.6. The van der Waals surface area contributed by atoms with Gasteiger partial charge in [0.25, 0.3) is 0 Å². The normalized spacial score (nSPS) is 11.2. The third kappa shape index (κ3) is 4.74. The van der Waals surface area contributed by atoms with Crippen LogP contribution in [0.4, 0.5) is 5.69 Å². The fourth-order valence-electron chi connectivity index (χ4n) is 2.40. The summed E-state index contributed by atoms with van der Waals surface area (Å²) in [5.74, 6) is 0.166. The predicted molar refractivity (Wildman–Crippen MR) is 93.0 cm³/mol. The highest BCUT2D eigenvalue weighted by Crippen LogP contribution is 2.29. The molecule has 0 unspecified atom stereocenters. The Morgan fingerprint density at radius 3 is 2.43 bits per heavy atom. The van der Waals surface area contributed by atoms with Crippen LogP contribution in [-0.4, -0.2) is 21.5 Å². The Hall–Kier alpha value is -2.49. The molecule has 0 aliphatic carbocycles. The van der Waals surface area contributed by atoms with Gasteiger partial charge in [-0.25, -0.2) is 0 Å². The standard InChI is InChI=1S/C19H23NO3/c1-2-3-4-5-8-14-11-15(19(23)12-18(14)22)13-20-16-9-6-7-10-17(16)21/h6-7,9-13,21-23H,2-5,8H2,1H3. The van der Waals surface area contributed by atoms with Crippen molar-refractivity contribution in [3.05, 3.63) is 47.5 Å². The van der Waals surface area contributed by atoms with Crippen LogP contribution >= 0.6 is 0 Å². The highest BCUT2D eigenvalue weighted by atomic mass is 16.3. The minimum absolute atomic E-state index is 0.0287. The Labute approximate surface area is 136 Å². The number of benzene rings is 2. The smallest absolute Gasteiger partial charge is 0.141 e. The van der Waals surface area contributed by atoms with Crippen LogP contribution in [0.2, 0.25) is 0 Å². The zero-order valence-corrected chi connectivity index (χ0v) is 13.4. The van der Waals surface area contributed by atoms with Crippen molar-refractivity contribution in [2.24, 2.45) is 4.99 Å². The molecule has 2 aromatic carbocycles. The average Bonchev–Trinajstić information content (AvgIpc) is 2.53.